The third kappa shape index (κ3) is 9.12. The number of hydrogen-bond donors (Lipinski definition) is 2. The Morgan fingerprint density at radius 2 is 1.89 bits per heavy atom. The Bertz CT molecular complexity index is 828. The van der Waals surface area contributed by atoms with Gasteiger partial charge in [-0.05, 0) is 77.2 Å². The molecule has 0 aromatic heterocycles. The number of amides is 1. The third-order valence-corrected chi connectivity index (χ3v) is 9.72. The van der Waals surface area contributed by atoms with Gasteiger partial charge in [0.25, 0.3) is 0 Å². The molecule has 1 amide bonds. The molecule has 0 radical (unpaired) electrons. The lowest BCUT2D eigenvalue weighted by Gasteiger charge is -2.49. The zero-order chi connectivity index (χ0) is 29.3. The van der Waals surface area contributed by atoms with E-state index in [0.717, 1.165) is 43.1 Å². The van der Waals surface area contributed by atoms with E-state index in [-0.39, 0.29) is 11.3 Å². The van der Waals surface area contributed by atoms with Crippen LogP contribution in [0, 0.1) is 23.2 Å². The first kappa shape index (κ1) is 34.7. The highest BCUT2D eigenvalue weighted by molar-refractivity contribution is 7.97. The average molecular weight is 562 g/mol. The Hall–Kier alpha value is -1.32. The molecule has 0 saturated heterocycles. The normalized spacial score (nSPS) is 31.2. The molecule has 5 nitrogen and oxygen atoms in total. The maximum atomic E-state index is 13.1. The van der Waals surface area contributed by atoms with Crippen molar-refractivity contribution >= 4 is 24.1 Å². The quantitative estimate of drug-likeness (QED) is 0.268. The molecule has 6 atom stereocenters. The van der Waals surface area contributed by atoms with Crippen LogP contribution in [0.25, 0.3) is 0 Å². The van der Waals surface area contributed by atoms with Crippen molar-refractivity contribution in [3.05, 3.63) is 23.8 Å². The van der Waals surface area contributed by atoms with Crippen LogP contribution in [0.5, 0.6) is 0 Å². The Kier molecular flexibility index (Phi) is 13.6. The van der Waals surface area contributed by atoms with Gasteiger partial charge in [0.15, 0.2) is 0 Å². The zero-order valence-electron chi connectivity index (χ0n) is 24.5. The fraction of sp³-hybridized carbons (Fsp3) is 0.793. The highest BCUT2D eigenvalue weighted by Crippen LogP contribution is 2.50. The number of allylic oxidation sites excluding steroid dienone is 3. The largest absolute Gasteiger partial charge is 0.413 e. The maximum absolute atomic E-state index is 13.1. The van der Waals surface area contributed by atoms with Crippen LogP contribution in [0.15, 0.2) is 23.8 Å². The summed E-state index contributed by atoms with van der Waals surface area (Å²) in [6.07, 6.45) is 6.29. The van der Waals surface area contributed by atoms with Crippen LogP contribution in [0.4, 0.5) is 13.2 Å². The number of rotatable bonds is 7. The summed E-state index contributed by atoms with van der Waals surface area (Å²) in [5.41, 5.74) is 3.99. The summed E-state index contributed by atoms with van der Waals surface area (Å²) in [5, 5.41) is 2.76. The molecule has 0 aliphatic heterocycles. The first-order chi connectivity index (χ1) is 17.7. The fourth-order valence-corrected chi connectivity index (χ4v) is 7.54. The SMILES string of the molecule is CC.CCN(SC1CCC=CC=C1C(F)(F)F)C(C)(C)C=O.CNC1C(C)CC2CC1CC(C)(C(N)=O)C2. The Morgan fingerprint density at radius 3 is 2.39 bits per heavy atom. The van der Waals surface area contributed by atoms with E-state index in [0.29, 0.717) is 37.3 Å². The van der Waals surface area contributed by atoms with Crippen molar-refractivity contribution < 1.29 is 22.8 Å². The van der Waals surface area contributed by atoms with Gasteiger partial charge in [0.1, 0.15) is 6.29 Å². The van der Waals surface area contributed by atoms with Crippen LogP contribution in [0.2, 0.25) is 0 Å². The molecule has 0 heterocycles. The molecule has 38 heavy (non-hydrogen) atoms. The lowest BCUT2D eigenvalue weighted by atomic mass is 9.57. The predicted molar refractivity (Wildman–Crippen MR) is 153 cm³/mol. The highest BCUT2D eigenvalue weighted by atomic mass is 32.2. The van der Waals surface area contributed by atoms with Gasteiger partial charge in [-0.1, -0.05) is 64.8 Å². The Morgan fingerprint density at radius 1 is 1.26 bits per heavy atom. The zero-order valence-corrected chi connectivity index (χ0v) is 25.3. The summed E-state index contributed by atoms with van der Waals surface area (Å²) in [5.74, 6) is 1.96. The van der Waals surface area contributed by atoms with E-state index in [1.807, 2.05) is 27.8 Å². The van der Waals surface area contributed by atoms with Crippen molar-refractivity contribution in [3.8, 4) is 0 Å². The summed E-state index contributed by atoms with van der Waals surface area (Å²) in [6, 6.07) is 0.565. The van der Waals surface area contributed by atoms with Crippen molar-refractivity contribution in [2.45, 2.75) is 110 Å². The van der Waals surface area contributed by atoms with Crippen LogP contribution < -0.4 is 11.1 Å². The minimum absolute atomic E-state index is 0.105. The lowest BCUT2D eigenvalue weighted by molar-refractivity contribution is -0.132. The number of carbonyl (C=O) groups excluding carboxylic acids is 2. The molecule has 2 fully saturated rings. The van der Waals surface area contributed by atoms with E-state index in [4.69, 9.17) is 5.73 Å². The highest BCUT2D eigenvalue weighted by Gasteiger charge is 2.47. The van der Waals surface area contributed by atoms with Gasteiger partial charge in [-0.15, -0.1) is 0 Å². The van der Waals surface area contributed by atoms with Crippen LogP contribution in [-0.4, -0.2) is 53.1 Å². The molecular weight excluding hydrogens is 511 g/mol. The van der Waals surface area contributed by atoms with E-state index in [2.05, 4.69) is 19.2 Å². The lowest BCUT2D eigenvalue weighted by Crippen LogP contribution is -2.52. The van der Waals surface area contributed by atoms with E-state index < -0.39 is 22.5 Å². The number of nitrogens with zero attached hydrogens (tertiary/aromatic N) is 1. The molecule has 9 heteroatoms. The number of aldehydes is 1. The van der Waals surface area contributed by atoms with Crippen molar-refractivity contribution in [2.75, 3.05) is 13.6 Å². The summed E-state index contributed by atoms with van der Waals surface area (Å²) in [6.45, 7) is 14.1. The van der Waals surface area contributed by atoms with Gasteiger partial charge in [0.2, 0.25) is 5.91 Å². The van der Waals surface area contributed by atoms with Crippen LogP contribution in [0.1, 0.15) is 87.0 Å². The van der Waals surface area contributed by atoms with E-state index in [9.17, 15) is 22.8 Å². The molecule has 2 saturated carbocycles. The van der Waals surface area contributed by atoms with Gasteiger partial charge < -0.3 is 15.8 Å². The predicted octanol–water partition coefficient (Wildman–Crippen LogP) is 6.69. The van der Waals surface area contributed by atoms with Crippen LogP contribution >= 0.6 is 11.9 Å². The number of hydrogen-bond acceptors (Lipinski definition) is 5. The summed E-state index contributed by atoms with van der Waals surface area (Å²) < 4.78 is 41.0. The molecule has 220 valence electrons. The molecule has 6 unspecified atom stereocenters. The third-order valence-electron chi connectivity index (χ3n) is 8.00. The minimum atomic E-state index is -4.34. The number of nitrogens with one attached hydrogen (secondary N) is 1. The van der Waals surface area contributed by atoms with Gasteiger partial charge in [0, 0.05) is 28.8 Å². The standard InChI is InChI=1S/C14H20F3NOS.C13H24N2O.C2H6/c1-4-18(13(2,3)10-19)20-12-9-7-5-6-8-11(12)14(15,16)17;1-8-4-9-5-10(11(8)15-3)7-13(2,6-9)12(14)16;1-2/h5-6,8,10,12H,4,7,9H2,1-3H3;8-11,15H,4-7H2,1-3H3,(H2,14,16);1-2H3. The molecule has 0 aromatic rings. The Labute approximate surface area is 232 Å². The first-order valence-corrected chi connectivity index (χ1v) is 14.8. The maximum Gasteiger partial charge on any atom is 0.413 e. The number of nitrogens with two attached hydrogens (primary N) is 1. The van der Waals surface area contributed by atoms with Gasteiger partial charge in [-0.3, -0.25) is 4.79 Å². The smallest absolute Gasteiger partial charge is 0.369 e. The second-order valence-corrected chi connectivity index (χ2v) is 12.6. The first-order valence-electron chi connectivity index (χ1n) is 14.0. The number of halogens is 3. The van der Waals surface area contributed by atoms with E-state index in [1.165, 1.54) is 18.9 Å². The van der Waals surface area contributed by atoms with Gasteiger partial charge in [-0.25, -0.2) is 4.31 Å². The van der Waals surface area contributed by atoms with Gasteiger partial charge in [-0.2, -0.15) is 13.2 Å². The molecular formula is C29H50F3N3O2S. The minimum Gasteiger partial charge on any atom is -0.369 e. The fourth-order valence-electron chi connectivity index (χ4n) is 6.20. The number of alkyl halides is 3. The summed E-state index contributed by atoms with van der Waals surface area (Å²) in [7, 11) is 2.04. The second kappa shape index (κ2) is 14.9. The summed E-state index contributed by atoms with van der Waals surface area (Å²) >= 11 is 1.12. The van der Waals surface area contributed by atoms with Crippen molar-refractivity contribution in [1.29, 1.82) is 0 Å². The summed E-state index contributed by atoms with van der Waals surface area (Å²) in [4.78, 5) is 22.7. The van der Waals surface area contributed by atoms with Crippen LogP contribution in [0.3, 0.4) is 0 Å². The van der Waals surface area contributed by atoms with Crippen LogP contribution in [-0.2, 0) is 9.59 Å². The molecule has 3 aliphatic carbocycles. The molecule has 3 aliphatic rings. The number of fused-ring (bicyclic) bond motifs is 2. The van der Waals surface area contributed by atoms with Crippen molar-refractivity contribution in [2.24, 2.45) is 28.9 Å². The van der Waals surface area contributed by atoms with Gasteiger partial charge >= 0.3 is 6.18 Å². The number of primary amides is 1. The number of likely N-dealkylation sites (N-methyl/N-ethyl adjacent to an activating group) is 1. The molecule has 3 rings (SSSR count). The topological polar surface area (TPSA) is 75.4 Å². The molecule has 2 bridgehead atoms. The van der Waals surface area contributed by atoms with Crippen molar-refractivity contribution in [1.82, 2.24) is 9.62 Å². The van der Waals surface area contributed by atoms with E-state index >= 15 is 0 Å². The molecule has 0 spiro atoms. The number of carbonyl (C=O) groups is 2. The average Bonchev–Trinajstić information content (AvgIpc) is 3.09. The Balaban J connectivity index is 0.000000363. The van der Waals surface area contributed by atoms with Gasteiger partial charge in [0.05, 0.1) is 5.54 Å². The molecule has 3 N–H and O–H groups in total. The van der Waals surface area contributed by atoms with E-state index in [1.54, 1.807) is 24.2 Å². The molecule has 0 aromatic carbocycles. The van der Waals surface area contributed by atoms with Crippen molar-refractivity contribution in [3.63, 3.8) is 0 Å². The monoisotopic (exact) mass is 561 g/mol. The second-order valence-electron chi connectivity index (χ2n) is 11.4.